The van der Waals surface area contributed by atoms with Crippen molar-refractivity contribution in [2.24, 2.45) is 5.92 Å². The maximum atomic E-state index is 12.2. The van der Waals surface area contributed by atoms with Crippen molar-refractivity contribution >= 4 is 17.7 Å². The summed E-state index contributed by atoms with van der Waals surface area (Å²) >= 11 is 1.58. The SMILES string of the molecule is CC(C)CN1CCOC(CNC(=O)C(C)Sc2ccccc2)C1. The molecule has 4 nitrogen and oxygen atoms in total. The molecule has 0 radical (unpaired) electrons. The van der Waals surface area contributed by atoms with Crippen molar-refractivity contribution in [3.63, 3.8) is 0 Å². The van der Waals surface area contributed by atoms with Crippen molar-refractivity contribution in [2.45, 2.75) is 37.0 Å². The number of benzene rings is 1. The fourth-order valence-electron chi connectivity index (χ4n) is 2.70. The molecule has 0 aromatic heterocycles. The molecule has 1 aliphatic rings. The number of nitrogens with zero attached hydrogens (tertiary/aromatic N) is 1. The molecule has 0 spiro atoms. The van der Waals surface area contributed by atoms with Crippen LogP contribution in [0.3, 0.4) is 0 Å². The lowest BCUT2D eigenvalue weighted by Gasteiger charge is -2.34. The van der Waals surface area contributed by atoms with E-state index in [0.29, 0.717) is 12.5 Å². The maximum absolute atomic E-state index is 12.2. The molecule has 0 bridgehead atoms. The van der Waals surface area contributed by atoms with Crippen LogP contribution >= 0.6 is 11.8 Å². The number of nitrogens with one attached hydrogen (secondary N) is 1. The van der Waals surface area contributed by atoms with Crippen molar-refractivity contribution in [2.75, 3.05) is 32.8 Å². The third kappa shape index (κ3) is 6.53. The van der Waals surface area contributed by atoms with Crippen molar-refractivity contribution in [3.05, 3.63) is 30.3 Å². The van der Waals surface area contributed by atoms with Gasteiger partial charge in [-0.15, -0.1) is 11.8 Å². The minimum absolute atomic E-state index is 0.0726. The van der Waals surface area contributed by atoms with Crippen LogP contribution in [0.25, 0.3) is 0 Å². The Balaban J connectivity index is 1.73. The first-order chi connectivity index (χ1) is 11.0. The number of morpholine rings is 1. The first kappa shape index (κ1) is 18.3. The lowest BCUT2D eigenvalue weighted by molar-refractivity contribution is -0.121. The Morgan fingerprint density at radius 1 is 1.35 bits per heavy atom. The number of amides is 1. The molecule has 2 atom stereocenters. The molecule has 0 saturated carbocycles. The monoisotopic (exact) mass is 336 g/mol. The first-order valence-corrected chi connectivity index (χ1v) is 9.26. The summed E-state index contributed by atoms with van der Waals surface area (Å²) in [6.07, 6.45) is 0.0976. The average Bonchev–Trinajstić information content (AvgIpc) is 2.53. The molecule has 5 heteroatoms. The summed E-state index contributed by atoms with van der Waals surface area (Å²) in [5.41, 5.74) is 0. The largest absolute Gasteiger partial charge is 0.374 e. The molecule has 1 aliphatic heterocycles. The van der Waals surface area contributed by atoms with Gasteiger partial charge >= 0.3 is 0 Å². The fraction of sp³-hybridized carbons (Fsp3) is 0.611. The zero-order chi connectivity index (χ0) is 16.7. The van der Waals surface area contributed by atoms with E-state index in [2.05, 4.69) is 24.1 Å². The lowest BCUT2D eigenvalue weighted by atomic mass is 10.2. The Morgan fingerprint density at radius 2 is 2.09 bits per heavy atom. The first-order valence-electron chi connectivity index (χ1n) is 8.38. The third-order valence-electron chi connectivity index (χ3n) is 3.78. The molecule has 1 saturated heterocycles. The van der Waals surface area contributed by atoms with E-state index in [9.17, 15) is 4.79 Å². The van der Waals surface area contributed by atoms with Crippen LogP contribution in [-0.2, 0) is 9.53 Å². The second-order valence-corrected chi connectivity index (χ2v) is 7.88. The zero-order valence-corrected chi connectivity index (χ0v) is 15.1. The standard InChI is InChI=1S/C18H28N2O2S/c1-14(2)12-20-9-10-22-16(13-20)11-19-18(21)15(3)23-17-7-5-4-6-8-17/h4-8,14-16H,9-13H2,1-3H3,(H,19,21). The number of ether oxygens (including phenoxy) is 1. The van der Waals surface area contributed by atoms with Crippen LogP contribution in [0.5, 0.6) is 0 Å². The van der Waals surface area contributed by atoms with Crippen LogP contribution < -0.4 is 5.32 Å². The van der Waals surface area contributed by atoms with Gasteiger partial charge in [0, 0.05) is 31.1 Å². The highest BCUT2D eigenvalue weighted by atomic mass is 32.2. The summed E-state index contributed by atoms with van der Waals surface area (Å²) in [7, 11) is 0. The topological polar surface area (TPSA) is 41.6 Å². The number of hydrogen-bond donors (Lipinski definition) is 1. The molecule has 23 heavy (non-hydrogen) atoms. The second kappa shape index (κ2) is 9.30. The van der Waals surface area contributed by atoms with E-state index in [1.165, 1.54) is 0 Å². The molecule has 1 heterocycles. The minimum atomic E-state index is -0.104. The van der Waals surface area contributed by atoms with Crippen LogP contribution in [0, 0.1) is 5.92 Å². The molecular weight excluding hydrogens is 308 g/mol. The van der Waals surface area contributed by atoms with Crippen LogP contribution in [0.2, 0.25) is 0 Å². The van der Waals surface area contributed by atoms with Crippen LogP contribution in [-0.4, -0.2) is 54.9 Å². The average molecular weight is 337 g/mol. The highest BCUT2D eigenvalue weighted by molar-refractivity contribution is 8.00. The van der Waals surface area contributed by atoms with Crippen molar-refractivity contribution in [1.82, 2.24) is 10.2 Å². The fourth-order valence-corrected chi connectivity index (χ4v) is 3.61. The van der Waals surface area contributed by atoms with E-state index in [1.807, 2.05) is 37.3 Å². The van der Waals surface area contributed by atoms with Crippen molar-refractivity contribution < 1.29 is 9.53 Å². The summed E-state index contributed by atoms with van der Waals surface area (Å²) in [4.78, 5) is 15.8. The van der Waals surface area contributed by atoms with E-state index in [1.54, 1.807) is 11.8 Å². The van der Waals surface area contributed by atoms with Crippen LogP contribution in [0.1, 0.15) is 20.8 Å². The van der Waals surface area contributed by atoms with Crippen molar-refractivity contribution in [3.8, 4) is 0 Å². The van der Waals surface area contributed by atoms with Crippen LogP contribution in [0.4, 0.5) is 0 Å². The van der Waals surface area contributed by atoms with Gasteiger partial charge in [-0.25, -0.2) is 0 Å². The Kier molecular flexibility index (Phi) is 7.40. The zero-order valence-electron chi connectivity index (χ0n) is 14.3. The highest BCUT2D eigenvalue weighted by Gasteiger charge is 2.22. The Hall–Kier alpha value is -1.04. The molecular formula is C18H28N2O2S. The predicted octanol–water partition coefficient (Wildman–Crippen LogP) is 2.64. The third-order valence-corrected chi connectivity index (χ3v) is 4.89. The quantitative estimate of drug-likeness (QED) is 0.777. The highest BCUT2D eigenvalue weighted by Crippen LogP contribution is 2.22. The van der Waals surface area contributed by atoms with E-state index < -0.39 is 0 Å². The van der Waals surface area contributed by atoms with E-state index in [4.69, 9.17) is 4.74 Å². The second-order valence-electron chi connectivity index (χ2n) is 6.46. The van der Waals surface area contributed by atoms with Gasteiger partial charge in [-0.2, -0.15) is 0 Å². The Bertz CT molecular complexity index is 481. The molecule has 1 amide bonds. The van der Waals surface area contributed by atoms with Gasteiger partial charge in [-0.3, -0.25) is 9.69 Å². The molecule has 1 fully saturated rings. The summed E-state index contributed by atoms with van der Waals surface area (Å²) in [6.45, 7) is 10.7. The van der Waals surface area contributed by atoms with Gasteiger partial charge in [0.1, 0.15) is 0 Å². The number of hydrogen-bond acceptors (Lipinski definition) is 4. The van der Waals surface area contributed by atoms with Crippen molar-refractivity contribution in [1.29, 1.82) is 0 Å². The predicted molar refractivity (Wildman–Crippen MR) is 95.8 cm³/mol. The summed E-state index contributed by atoms with van der Waals surface area (Å²) in [6, 6.07) is 10.0. The lowest BCUT2D eigenvalue weighted by Crippen LogP contribution is -2.49. The number of carbonyl (C=O) groups is 1. The molecule has 2 rings (SSSR count). The van der Waals surface area contributed by atoms with Gasteiger partial charge in [0.05, 0.1) is 18.0 Å². The van der Waals surface area contributed by atoms with Gasteiger partial charge in [-0.1, -0.05) is 32.0 Å². The van der Waals surface area contributed by atoms with Gasteiger partial charge < -0.3 is 10.1 Å². The summed E-state index contributed by atoms with van der Waals surface area (Å²) in [5, 5.41) is 2.93. The Morgan fingerprint density at radius 3 is 2.78 bits per heavy atom. The number of carbonyl (C=O) groups excluding carboxylic acids is 1. The molecule has 1 aromatic carbocycles. The minimum Gasteiger partial charge on any atom is -0.374 e. The smallest absolute Gasteiger partial charge is 0.233 e. The van der Waals surface area contributed by atoms with Gasteiger partial charge in [-0.05, 0) is 25.0 Å². The van der Waals surface area contributed by atoms with Gasteiger partial charge in [0.25, 0.3) is 0 Å². The van der Waals surface area contributed by atoms with E-state index >= 15 is 0 Å². The molecule has 0 aliphatic carbocycles. The number of rotatable bonds is 7. The summed E-state index contributed by atoms with van der Waals surface area (Å²) in [5.74, 6) is 0.731. The van der Waals surface area contributed by atoms with Gasteiger partial charge in [0.15, 0.2) is 0 Å². The summed E-state index contributed by atoms with van der Waals surface area (Å²) < 4.78 is 5.77. The van der Waals surface area contributed by atoms with Crippen LogP contribution in [0.15, 0.2) is 35.2 Å². The molecule has 1 aromatic rings. The molecule has 128 valence electrons. The van der Waals surface area contributed by atoms with E-state index in [0.717, 1.165) is 31.1 Å². The van der Waals surface area contributed by atoms with E-state index in [-0.39, 0.29) is 17.3 Å². The molecule has 1 N–H and O–H groups in total. The van der Waals surface area contributed by atoms with Gasteiger partial charge in [0.2, 0.25) is 5.91 Å². The number of thioether (sulfide) groups is 1. The maximum Gasteiger partial charge on any atom is 0.233 e. The Labute approximate surface area is 144 Å². The molecule has 2 unspecified atom stereocenters. The normalized spacial score (nSPS) is 20.4.